The van der Waals surface area contributed by atoms with E-state index in [-0.39, 0.29) is 11.7 Å². The molecule has 0 saturated carbocycles. The molecule has 1 fully saturated rings. The highest BCUT2D eigenvalue weighted by molar-refractivity contribution is 5.85. The number of nitrogens with one attached hydrogen (secondary N) is 1. The predicted molar refractivity (Wildman–Crippen MR) is 112 cm³/mol. The molecule has 154 valence electrons. The monoisotopic (exact) mass is 406 g/mol. The van der Waals surface area contributed by atoms with Crippen LogP contribution in [0.2, 0.25) is 0 Å². The van der Waals surface area contributed by atoms with E-state index in [1.807, 2.05) is 35.2 Å². The zero-order valence-corrected chi connectivity index (χ0v) is 16.5. The largest absolute Gasteiger partial charge is 0.378 e. The third kappa shape index (κ3) is 4.99. The van der Waals surface area contributed by atoms with Crippen molar-refractivity contribution in [2.45, 2.75) is 12.5 Å². The molecule has 2 heterocycles. The molecule has 0 radical (unpaired) electrons. The molecule has 4 rings (SSSR count). The number of hydrogen-bond acceptors (Lipinski definition) is 5. The van der Waals surface area contributed by atoms with E-state index >= 15 is 0 Å². The molecule has 1 aliphatic heterocycles. The molecule has 0 bridgehead atoms. The topological polar surface area (TPSA) is 67.4 Å². The minimum Gasteiger partial charge on any atom is -0.378 e. The first kappa shape index (κ1) is 20.0. The Balaban J connectivity index is 1.51. The number of carbonyl (C=O) groups is 1. The third-order valence-corrected chi connectivity index (χ3v) is 5.03. The fourth-order valence-electron chi connectivity index (χ4n) is 3.42. The van der Waals surface area contributed by atoms with Gasteiger partial charge in [0.15, 0.2) is 0 Å². The van der Waals surface area contributed by atoms with Crippen molar-refractivity contribution in [3.05, 3.63) is 78.1 Å². The first-order chi connectivity index (χ1) is 14.7. The van der Waals surface area contributed by atoms with Gasteiger partial charge >= 0.3 is 0 Å². The molecule has 0 aliphatic carbocycles. The summed E-state index contributed by atoms with van der Waals surface area (Å²) in [5.74, 6) is 0.241. The molecule has 1 saturated heterocycles. The van der Waals surface area contributed by atoms with E-state index in [4.69, 9.17) is 4.74 Å². The minimum atomic E-state index is -0.462. The van der Waals surface area contributed by atoms with Gasteiger partial charge in [-0.2, -0.15) is 0 Å². The Kier molecular flexibility index (Phi) is 6.29. The van der Waals surface area contributed by atoms with E-state index in [2.05, 4.69) is 15.5 Å². The average molecular weight is 406 g/mol. The number of amides is 1. The van der Waals surface area contributed by atoms with Crippen LogP contribution < -0.4 is 5.32 Å². The first-order valence-electron chi connectivity index (χ1n) is 9.96. The van der Waals surface area contributed by atoms with E-state index in [0.29, 0.717) is 44.2 Å². The van der Waals surface area contributed by atoms with E-state index in [1.54, 1.807) is 24.3 Å². The van der Waals surface area contributed by atoms with Crippen molar-refractivity contribution < 1.29 is 13.9 Å². The molecule has 0 spiro atoms. The fourth-order valence-corrected chi connectivity index (χ4v) is 3.42. The van der Waals surface area contributed by atoms with Crippen LogP contribution in [0.1, 0.15) is 5.56 Å². The lowest BCUT2D eigenvalue weighted by Crippen LogP contribution is -2.48. The second kappa shape index (κ2) is 9.45. The van der Waals surface area contributed by atoms with Gasteiger partial charge in [0.2, 0.25) is 5.91 Å². The second-order valence-electron chi connectivity index (χ2n) is 7.14. The Morgan fingerprint density at radius 1 is 1.00 bits per heavy atom. The lowest BCUT2D eigenvalue weighted by Gasteiger charge is -2.31. The van der Waals surface area contributed by atoms with Gasteiger partial charge in [0.1, 0.15) is 17.7 Å². The van der Waals surface area contributed by atoms with E-state index in [9.17, 15) is 9.18 Å². The van der Waals surface area contributed by atoms with Crippen LogP contribution in [-0.2, 0) is 16.0 Å². The number of hydrogen-bond donors (Lipinski definition) is 1. The smallest absolute Gasteiger partial charge is 0.245 e. The number of aromatic nitrogens is 2. The summed E-state index contributed by atoms with van der Waals surface area (Å²) in [6.07, 6.45) is 0.540. The molecule has 1 N–H and O–H groups in total. The van der Waals surface area contributed by atoms with E-state index in [0.717, 1.165) is 11.1 Å². The first-order valence-corrected chi connectivity index (χ1v) is 9.96. The van der Waals surface area contributed by atoms with Crippen LogP contribution in [0.3, 0.4) is 0 Å². The van der Waals surface area contributed by atoms with Gasteiger partial charge in [-0.3, -0.25) is 4.79 Å². The van der Waals surface area contributed by atoms with Crippen molar-refractivity contribution in [1.29, 1.82) is 0 Å². The maximum Gasteiger partial charge on any atom is 0.245 e. The van der Waals surface area contributed by atoms with Crippen LogP contribution >= 0.6 is 0 Å². The molecular weight excluding hydrogens is 383 g/mol. The summed E-state index contributed by atoms with van der Waals surface area (Å²) in [5.41, 5.74) is 2.48. The summed E-state index contributed by atoms with van der Waals surface area (Å²) in [6, 6.07) is 19.1. The highest BCUT2D eigenvalue weighted by atomic mass is 19.1. The summed E-state index contributed by atoms with van der Waals surface area (Å²) in [5, 5.41) is 11.7. The third-order valence-electron chi connectivity index (χ3n) is 5.03. The average Bonchev–Trinajstić information content (AvgIpc) is 2.80. The molecule has 1 aromatic heterocycles. The van der Waals surface area contributed by atoms with Crippen LogP contribution in [0.15, 0.2) is 66.7 Å². The molecule has 1 unspecified atom stereocenters. The Labute approximate surface area is 174 Å². The Hall–Kier alpha value is -3.32. The van der Waals surface area contributed by atoms with Gasteiger partial charge in [-0.1, -0.05) is 30.3 Å². The van der Waals surface area contributed by atoms with Gasteiger partial charge in [0.05, 0.1) is 18.9 Å². The van der Waals surface area contributed by atoms with Crippen LogP contribution in [-0.4, -0.2) is 53.3 Å². The second-order valence-corrected chi connectivity index (χ2v) is 7.14. The molecule has 6 nitrogen and oxygen atoms in total. The molecule has 7 heteroatoms. The number of nitrogens with zero attached hydrogens (tertiary/aromatic N) is 3. The SMILES string of the molecule is O=C(C(Cc1ccccc1)Nc1ccc(-c2ccc(F)cc2)nn1)N1CCOCC1. The number of morpholine rings is 1. The molecule has 1 amide bonds. The summed E-state index contributed by atoms with van der Waals surface area (Å²) in [6.45, 7) is 2.27. The summed E-state index contributed by atoms with van der Waals surface area (Å²) in [7, 11) is 0. The van der Waals surface area contributed by atoms with Crippen LogP contribution in [0.5, 0.6) is 0 Å². The maximum absolute atomic E-state index is 13.2. The zero-order chi connectivity index (χ0) is 20.8. The van der Waals surface area contributed by atoms with Gasteiger partial charge < -0.3 is 15.0 Å². The number of halogens is 1. The number of benzene rings is 2. The highest BCUT2D eigenvalue weighted by Crippen LogP contribution is 2.18. The van der Waals surface area contributed by atoms with Crippen molar-refractivity contribution in [2.75, 3.05) is 31.6 Å². The maximum atomic E-state index is 13.2. The zero-order valence-electron chi connectivity index (χ0n) is 16.5. The number of rotatable bonds is 6. The molecular formula is C23H23FN4O2. The molecule has 1 aliphatic rings. The Morgan fingerprint density at radius 2 is 1.73 bits per heavy atom. The Bertz CT molecular complexity index is 959. The Morgan fingerprint density at radius 3 is 2.40 bits per heavy atom. The summed E-state index contributed by atoms with van der Waals surface area (Å²) in [4.78, 5) is 15.0. The van der Waals surface area contributed by atoms with Gasteiger partial charge in [-0.15, -0.1) is 10.2 Å². The van der Waals surface area contributed by atoms with Crippen molar-refractivity contribution in [1.82, 2.24) is 15.1 Å². The molecule has 2 aromatic carbocycles. The van der Waals surface area contributed by atoms with E-state index < -0.39 is 6.04 Å². The minimum absolute atomic E-state index is 0.0200. The lowest BCUT2D eigenvalue weighted by molar-refractivity contribution is -0.136. The number of anilines is 1. The molecule has 30 heavy (non-hydrogen) atoms. The normalized spacial score (nSPS) is 14.9. The number of ether oxygens (including phenoxy) is 1. The van der Waals surface area contributed by atoms with Crippen LogP contribution in [0.25, 0.3) is 11.3 Å². The lowest BCUT2D eigenvalue weighted by atomic mass is 10.0. The standard InChI is InChI=1S/C23H23FN4O2/c24-19-8-6-18(7-9-19)20-10-11-22(27-26-20)25-21(16-17-4-2-1-3-5-17)23(29)28-12-14-30-15-13-28/h1-11,21H,12-16H2,(H,25,27). The van der Waals surface area contributed by atoms with Gasteiger partial charge in [-0.05, 0) is 42.0 Å². The van der Waals surface area contributed by atoms with Crippen LogP contribution in [0, 0.1) is 5.82 Å². The van der Waals surface area contributed by atoms with Gasteiger partial charge in [-0.25, -0.2) is 4.39 Å². The van der Waals surface area contributed by atoms with Crippen LogP contribution in [0.4, 0.5) is 10.2 Å². The fraction of sp³-hybridized carbons (Fsp3) is 0.261. The number of carbonyl (C=O) groups excluding carboxylic acids is 1. The van der Waals surface area contributed by atoms with Crippen molar-refractivity contribution in [3.8, 4) is 11.3 Å². The van der Waals surface area contributed by atoms with Gasteiger partial charge in [0.25, 0.3) is 0 Å². The highest BCUT2D eigenvalue weighted by Gasteiger charge is 2.26. The van der Waals surface area contributed by atoms with E-state index in [1.165, 1.54) is 12.1 Å². The quantitative estimate of drug-likeness (QED) is 0.681. The van der Waals surface area contributed by atoms with Crippen molar-refractivity contribution in [2.24, 2.45) is 0 Å². The molecule has 3 aromatic rings. The summed E-state index contributed by atoms with van der Waals surface area (Å²) < 4.78 is 18.5. The van der Waals surface area contributed by atoms with Crippen molar-refractivity contribution >= 4 is 11.7 Å². The molecule has 1 atom stereocenters. The summed E-state index contributed by atoms with van der Waals surface area (Å²) >= 11 is 0. The van der Waals surface area contributed by atoms with Crippen molar-refractivity contribution in [3.63, 3.8) is 0 Å². The van der Waals surface area contributed by atoms with Gasteiger partial charge in [0, 0.05) is 25.1 Å². The predicted octanol–water partition coefficient (Wildman–Crippen LogP) is 3.16.